The van der Waals surface area contributed by atoms with Gasteiger partial charge in [-0.2, -0.15) is 0 Å². The van der Waals surface area contributed by atoms with E-state index in [0.29, 0.717) is 42.9 Å². The van der Waals surface area contributed by atoms with Gasteiger partial charge in [0.05, 0.1) is 32.0 Å². The third-order valence-corrected chi connectivity index (χ3v) is 21.2. The minimum atomic E-state index is -2.73. The Bertz CT molecular complexity index is 980. The molecular weight excluding hydrogens is 541 g/mol. The van der Waals surface area contributed by atoms with E-state index in [4.69, 9.17) is 32.2 Å². The van der Waals surface area contributed by atoms with Crippen molar-refractivity contribution in [1.82, 2.24) is 0 Å². The molecule has 3 saturated heterocycles. The zero-order chi connectivity index (χ0) is 29.5. The second-order valence-electron chi connectivity index (χ2n) is 15.5. The highest BCUT2D eigenvalue weighted by Gasteiger charge is 2.65. The number of rotatable bonds is 6. The minimum absolute atomic E-state index is 0.114. The molecule has 0 aromatic rings. The van der Waals surface area contributed by atoms with Gasteiger partial charge in [-0.1, -0.05) is 83.1 Å². The second kappa shape index (κ2) is 10.3. The van der Waals surface area contributed by atoms with Gasteiger partial charge < -0.3 is 32.2 Å². The lowest BCUT2D eigenvalue weighted by atomic mass is 9.91. The highest BCUT2D eigenvalue weighted by molar-refractivity contribution is 6.77. The fourth-order valence-corrected chi connectivity index (χ4v) is 19.0. The predicted molar refractivity (Wildman–Crippen MR) is 161 cm³/mol. The summed E-state index contributed by atoms with van der Waals surface area (Å²) in [4.78, 5) is 0. The van der Waals surface area contributed by atoms with Gasteiger partial charge in [0.1, 0.15) is 24.1 Å². The van der Waals surface area contributed by atoms with Gasteiger partial charge in [-0.25, -0.2) is 0 Å². The molecule has 5 aliphatic heterocycles. The van der Waals surface area contributed by atoms with Crippen LogP contribution in [-0.4, -0.2) is 73.0 Å². The van der Waals surface area contributed by atoms with Crippen LogP contribution in [0.1, 0.15) is 89.5 Å². The predicted octanol–water partition coefficient (Wildman–Crippen LogP) is 7.13. The van der Waals surface area contributed by atoms with Crippen LogP contribution >= 0.6 is 0 Å². The van der Waals surface area contributed by atoms with Gasteiger partial charge in [0, 0.05) is 22.1 Å². The Hall–Kier alpha value is -0.526. The number of hydrogen-bond acceptors (Lipinski definition) is 7. The van der Waals surface area contributed by atoms with Crippen LogP contribution in [0.25, 0.3) is 0 Å². The van der Waals surface area contributed by atoms with Crippen molar-refractivity contribution in [1.29, 1.82) is 0 Å². The molecule has 228 valence electrons. The van der Waals surface area contributed by atoms with E-state index in [1.54, 1.807) is 0 Å². The molecule has 0 aromatic carbocycles. The van der Waals surface area contributed by atoms with Crippen molar-refractivity contribution >= 4 is 16.9 Å². The maximum Gasteiger partial charge on any atom is 0.349 e. The van der Waals surface area contributed by atoms with Crippen molar-refractivity contribution in [3.63, 3.8) is 0 Å². The van der Waals surface area contributed by atoms with E-state index >= 15 is 0 Å². The van der Waals surface area contributed by atoms with Crippen LogP contribution in [0.2, 0.25) is 26.7 Å². The maximum atomic E-state index is 7.52. The zero-order valence-electron chi connectivity index (χ0n) is 27.0. The lowest BCUT2D eigenvalue weighted by molar-refractivity contribution is -0.175. The van der Waals surface area contributed by atoms with Gasteiger partial charge in [-0.3, -0.25) is 0 Å². The van der Waals surface area contributed by atoms with Crippen LogP contribution in [-0.2, 0) is 32.2 Å². The van der Waals surface area contributed by atoms with Gasteiger partial charge in [-0.05, 0) is 28.8 Å². The normalized spacial score (nSPS) is 33.5. The quantitative estimate of drug-likeness (QED) is 0.303. The van der Waals surface area contributed by atoms with Crippen molar-refractivity contribution < 1.29 is 32.2 Å². The maximum absolute atomic E-state index is 7.52. The molecule has 9 heteroatoms. The highest BCUT2D eigenvalue weighted by Crippen LogP contribution is 2.56. The van der Waals surface area contributed by atoms with Crippen molar-refractivity contribution in [2.75, 3.05) is 19.8 Å². The molecule has 0 radical (unpaired) electrons. The molecule has 0 unspecified atom stereocenters. The summed E-state index contributed by atoms with van der Waals surface area (Å²) < 4.78 is 46.8. The van der Waals surface area contributed by atoms with Crippen LogP contribution in [0.3, 0.4) is 0 Å². The first-order chi connectivity index (χ1) is 18.5. The van der Waals surface area contributed by atoms with Crippen LogP contribution in [0, 0.1) is 0 Å². The lowest BCUT2D eigenvalue weighted by Gasteiger charge is -2.57. The topological polar surface area (TPSA) is 64.6 Å². The first-order valence-electron chi connectivity index (χ1n) is 15.5. The van der Waals surface area contributed by atoms with Crippen molar-refractivity contribution in [3.05, 3.63) is 23.5 Å². The summed E-state index contributed by atoms with van der Waals surface area (Å²) in [6.45, 7) is 29.4. The van der Waals surface area contributed by atoms with E-state index in [-0.39, 0.29) is 40.6 Å². The first-order valence-corrected chi connectivity index (χ1v) is 19.5. The third kappa shape index (κ3) is 4.66. The highest BCUT2D eigenvalue weighted by atomic mass is 28.4. The number of hydrogen-bond donors (Lipinski definition) is 0. The molecule has 0 saturated carbocycles. The van der Waals surface area contributed by atoms with E-state index in [2.05, 4.69) is 95.2 Å². The van der Waals surface area contributed by atoms with Crippen molar-refractivity contribution in [2.45, 2.75) is 153 Å². The molecule has 3 fully saturated rings. The smallest absolute Gasteiger partial charge is 0.349 e. The summed E-state index contributed by atoms with van der Waals surface area (Å²) in [6.07, 6.45) is 4.02. The monoisotopic (exact) mass is 594 g/mol. The zero-order valence-corrected chi connectivity index (χ0v) is 29.0. The molecule has 1 spiro atoms. The molecule has 7 nitrogen and oxygen atoms in total. The Balaban J connectivity index is 1.55. The van der Waals surface area contributed by atoms with Crippen LogP contribution in [0.5, 0.6) is 0 Å². The molecule has 0 amide bonds. The van der Waals surface area contributed by atoms with Crippen LogP contribution in [0.15, 0.2) is 23.5 Å². The Labute approximate surface area is 244 Å². The van der Waals surface area contributed by atoms with Crippen LogP contribution < -0.4 is 0 Å². The Morgan fingerprint density at radius 1 is 0.900 bits per heavy atom. The molecular formula is C31H54O7Si2. The van der Waals surface area contributed by atoms with E-state index in [9.17, 15) is 0 Å². The molecule has 2 bridgehead atoms. The van der Waals surface area contributed by atoms with Crippen molar-refractivity contribution in [2.24, 2.45) is 0 Å². The van der Waals surface area contributed by atoms with E-state index in [0.717, 1.165) is 11.3 Å². The molecule has 5 rings (SSSR count). The average Bonchev–Trinajstić information content (AvgIpc) is 3.56. The van der Waals surface area contributed by atoms with Gasteiger partial charge in [0.2, 0.25) is 14.1 Å². The van der Waals surface area contributed by atoms with Crippen molar-refractivity contribution in [3.8, 4) is 0 Å². The molecule has 40 heavy (non-hydrogen) atoms. The Kier molecular flexibility index (Phi) is 7.95. The molecule has 5 aliphatic rings. The van der Waals surface area contributed by atoms with Gasteiger partial charge in [0.15, 0.2) is 0 Å². The van der Waals surface area contributed by atoms with Crippen LogP contribution in [0.4, 0.5) is 0 Å². The third-order valence-electron chi connectivity index (χ3n) is 10.0. The van der Waals surface area contributed by atoms with E-state index in [1.807, 2.05) is 0 Å². The van der Waals surface area contributed by atoms with Gasteiger partial charge >= 0.3 is 8.56 Å². The fourth-order valence-electron chi connectivity index (χ4n) is 8.56. The summed E-state index contributed by atoms with van der Waals surface area (Å²) in [7, 11) is -4.97. The summed E-state index contributed by atoms with van der Waals surface area (Å²) in [5, 5.41) is -0.242. The number of fused-ring (bicyclic) bond motifs is 4. The SMILES string of the molecule is CC(C)[Si](O[C@@H]1C=C(C2=C[C@H]3O[C@@H]2CC32OCCO2)O[C@@H]2CO[Si](C(C)(C)C)(C(C)(C)C)O[C@@H]12)(C(C)C)C(C)C. The average molecular weight is 595 g/mol. The standard InChI is InChI=1S/C31H54O7Si2/c1-19(2)39(20(3)4,21(5)6)37-24-16-23(22-15-27-31(17-25(22)36-27)32-13-14-33-31)35-26-18-34-40(29(7,8)9,30(10,11)12)38-28(24)26/h15-16,19-21,24-28H,13-14,17-18H2,1-12H3/t24-,25-,26-,27-,28+/m1/s1. The summed E-state index contributed by atoms with van der Waals surface area (Å²) in [5.74, 6) is 0.206. The molecule has 5 atom stereocenters. The largest absolute Gasteiger partial charge is 0.485 e. The van der Waals surface area contributed by atoms with Gasteiger partial charge in [0.25, 0.3) is 0 Å². The van der Waals surface area contributed by atoms with Gasteiger partial charge in [-0.15, -0.1) is 0 Å². The first kappa shape index (κ1) is 30.9. The number of ether oxygens (including phenoxy) is 4. The summed E-state index contributed by atoms with van der Waals surface area (Å²) in [6, 6.07) is 0. The summed E-state index contributed by atoms with van der Waals surface area (Å²) in [5.41, 5.74) is 2.45. The lowest BCUT2D eigenvalue weighted by Crippen LogP contribution is -2.68. The Morgan fingerprint density at radius 3 is 1.95 bits per heavy atom. The Morgan fingerprint density at radius 2 is 1.48 bits per heavy atom. The van der Waals surface area contributed by atoms with E-state index < -0.39 is 22.7 Å². The summed E-state index contributed by atoms with van der Waals surface area (Å²) >= 11 is 0. The fraction of sp³-hybridized carbons (Fsp3) is 0.871. The molecule has 0 aromatic heterocycles. The molecule has 0 N–H and O–H groups in total. The molecule has 5 heterocycles. The second-order valence-corrected chi connectivity index (χ2v) is 25.6. The van der Waals surface area contributed by atoms with E-state index in [1.165, 1.54) is 0 Å². The molecule has 0 aliphatic carbocycles. The minimum Gasteiger partial charge on any atom is -0.485 e.